The quantitative estimate of drug-likeness (QED) is 0.209. The van der Waals surface area contributed by atoms with Gasteiger partial charge in [-0.1, -0.05) is 103 Å². The fourth-order valence-corrected chi connectivity index (χ4v) is 2.94. The number of unbranched alkanes of at least 4 members (excludes halogenated alkanes) is 15. The Bertz CT molecular complexity index is 284. The number of ether oxygens (including phenoxy) is 1. The second-order valence-corrected chi connectivity index (χ2v) is 7.15. The third-order valence-electron chi connectivity index (χ3n) is 4.58. The van der Waals surface area contributed by atoms with E-state index in [0.717, 1.165) is 12.8 Å². The summed E-state index contributed by atoms with van der Waals surface area (Å²) in [7, 11) is 0. The Morgan fingerprint density at radius 1 is 0.731 bits per heavy atom. The monoisotopic (exact) mass is 390 g/mol. The zero-order valence-electron chi connectivity index (χ0n) is 20.4. The largest absolute Gasteiger partial charge is 1.00 e. The Balaban J connectivity index is -0.000000441. The summed E-state index contributed by atoms with van der Waals surface area (Å²) in [6.45, 7) is 4.16. The molecule has 0 heterocycles. The van der Waals surface area contributed by atoms with Crippen molar-refractivity contribution >= 4 is 5.97 Å². The van der Waals surface area contributed by atoms with Crippen LogP contribution >= 0.6 is 0 Å². The molecule has 0 radical (unpaired) electrons. The van der Waals surface area contributed by atoms with Crippen LogP contribution in [0.3, 0.4) is 0 Å². The Morgan fingerprint density at radius 2 is 1.04 bits per heavy atom. The van der Waals surface area contributed by atoms with Gasteiger partial charge in [0.05, 0.1) is 6.61 Å². The van der Waals surface area contributed by atoms with Crippen LogP contribution in [0.5, 0.6) is 0 Å². The predicted octanol–water partition coefficient (Wildman–Crippen LogP) is 0.405. The number of aliphatic hydroxyl groups excluding tert-OH is 1. The molecule has 3 nitrogen and oxygen atoms in total. The molecule has 0 aliphatic carbocycles. The van der Waals surface area contributed by atoms with Crippen molar-refractivity contribution in [1.29, 1.82) is 0 Å². The van der Waals surface area contributed by atoms with Crippen LogP contribution in [0.15, 0.2) is 0 Å². The van der Waals surface area contributed by atoms with Crippen molar-refractivity contribution in [1.82, 2.24) is 0 Å². The van der Waals surface area contributed by atoms with Crippen LogP contribution in [0.2, 0.25) is 0 Å². The van der Waals surface area contributed by atoms with E-state index < -0.39 is 12.1 Å². The first-order valence-corrected chi connectivity index (χ1v) is 10.5. The summed E-state index contributed by atoms with van der Waals surface area (Å²) in [6, 6.07) is 0. The van der Waals surface area contributed by atoms with Crippen molar-refractivity contribution < 1.29 is 76.6 Å². The van der Waals surface area contributed by atoms with Crippen LogP contribution < -0.4 is 59.1 Å². The van der Waals surface area contributed by atoms with Gasteiger partial charge in [0.2, 0.25) is 0 Å². The van der Waals surface area contributed by atoms with Gasteiger partial charge in [0.15, 0.2) is 0 Å². The Hall–Kier alpha value is 1.43. The van der Waals surface area contributed by atoms with E-state index in [1.807, 2.05) is 0 Å². The van der Waals surface area contributed by atoms with Gasteiger partial charge in [0, 0.05) is 0 Å². The molecule has 0 aliphatic rings. The molecule has 0 fully saturated rings. The molecule has 148 valence electrons. The predicted molar refractivity (Wildman–Crippen MR) is 104 cm³/mol. The molecule has 0 aromatic carbocycles. The summed E-state index contributed by atoms with van der Waals surface area (Å²) in [5.74, 6) is -0.504. The minimum absolute atomic E-state index is 0. The van der Waals surface area contributed by atoms with Gasteiger partial charge in [-0.3, -0.25) is 0 Å². The summed E-state index contributed by atoms with van der Waals surface area (Å²) >= 11 is 0. The zero-order valence-corrected chi connectivity index (χ0v) is 22.4. The number of hydrogen-bond acceptors (Lipinski definition) is 3. The van der Waals surface area contributed by atoms with E-state index in [1.54, 1.807) is 0 Å². The maximum absolute atomic E-state index is 11.0. The summed E-state index contributed by atoms with van der Waals surface area (Å²) in [4.78, 5) is 11.0. The number of carbonyl (C=O) groups excluding carboxylic acids is 1. The zero-order chi connectivity index (χ0) is 17.9. The summed E-state index contributed by atoms with van der Waals surface area (Å²) in [5, 5.41) is 8.98. The van der Waals surface area contributed by atoms with E-state index in [1.165, 1.54) is 96.8 Å². The van der Waals surface area contributed by atoms with E-state index in [4.69, 9.17) is 9.84 Å². The second kappa shape index (κ2) is 26.4. The molecule has 1 N–H and O–H groups in total. The van der Waals surface area contributed by atoms with Crippen LogP contribution in [-0.2, 0) is 9.53 Å². The molecule has 0 aromatic rings. The molecule has 0 aliphatic heterocycles. The summed E-state index contributed by atoms with van der Waals surface area (Å²) < 4.78 is 4.93. The minimum atomic E-state index is -0.994. The van der Waals surface area contributed by atoms with Gasteiger partial charge in [-0.15, -0.1) is 0 Å². The van der Waals surface area contributed by atoms with Gasteiger partial charge in [-0.25, -0.2) is 4.79 Å². The van der Waals surface area contributed by atoms with Crippen LogP contribution in [0.25, 0.3) is 0 Å². The Kier molecular flexibility index (Phi) is 32.6. The third-order valence-corrected chi connectivity index (χ3v) is 4.58. The van der Waals surface area contributed by atoms with E-state index in [0.29, 0.717) is 6.61 Å². The van der Waals surface area contributed by atoms with Crippen molar-refractivity contribution in [3.63, 3.8) is 0 Å². The van der Waals surface area contributed by atoms with Crippen LogP contribution in [0.1, 0.15) is 119 Å². The van der Waals surface area contributed by atoms with E-state index >= 15 is 0 Å². The first kappa shape index (κ1) is 32.1. The summed E-state index contributed by atoms with van der Waals surface area (Å²) in [5.41, 5.74) is 0. The number of aliphatic hydroxyl groups is 1. The minimum Gasteiger partial charge on any atom is -1.00 e. The molecular weight excluding hydrogens is 346 g/mol. The van der Waals surface area contributed by atoms with Crippen molar-refractivity contribution in [3.05, 3.63) is 0 Å². The van der Waals surface area contributed by atoms with Gasteiger partial charge in [-0.2, -0.15) is 0 Å². The first-order chi connectivity index (χ1) is 11.7. The van der Waals surface area contributed by atoms with Gasteiger partial charge in [0.1, 0.15) is 6.10 Å². The number of esters is 1. The maximum Gasteiger partial charge on any atom is 1.00 e. The molecular formula is C21H44Na2O3. The normalized spacial score (nSPS) is 11.3. The maximum atomic E-state index is 11.0. The molecule has 0 amide bonds. The van der Waals surface area contributed by atoms with Crippen LogP contribution in [0.4, 0.5) is 0 Å². The molecule has 0 saturated heterocycles. The van der Waals surface area contributed by atoms with Crippen molar-refractivity contribution in [3.8, 4) is 0 Å². The molecule has 5 heteroatoms. The van der Waals surface area contributed by atoms with E-state index in [-0.39, 0.29) is 62.0 Å². The summed E-state index contributed by atoms with van der Waals surface area (Å²) in [6.07, 6.45) is 20.4. The smallest absolute Gasteiger partial charge is 1.00 e. The number of hydrogen-bond donors (Lipinski definition) is 1. The van der Waals surface area contributed by atoms with E-state index in [9.17, 15) is 4.79 Å². The van der Waals surface area contributed by atoms with Gasteiger partial charge < -0.3 is 12.7 Å². The van der Waals surface area contributed by atoms with Crippen molar-refractivity contribution in [2.75, 3.05) is 6.61 Å². The molecule has 0 rings (SSSR count). The average Bonchev–Trinajstić information content (AvgIpc) is 2.57. The van der Waals surface area contributed by atoms with Crippen LogP contribution in [0, 0.1) is 0 Å². The fourth-order valence-electron chi connectivity index (χ4n) is 2.94. The molecule has 0 spiro atoms. The molecule has 1 unspecified atom stereocenters. The van der Waals surface area contributed by atoms with Gasteiger partial charge in [-0.05, 0) is 13.3 Å². The topological polar surface area (TPSA) is 46.5 Å². The number of carbonyl (C=O) groups is 1. The second-order valence-electron chi connectivity index (χ2n) is 7.15. The van der Waals surface area contributed by atoms with Crippen LogP contribution in [-0.4, -0.2) is 23.8 Å². The van der Waals surface area contributed by atoms with Crippen molar-refractivity contribution in [2.24, 2.45) is 0 Å². The first-order valence-electron chi connectivity index (χ1n) is 10.5. The molecule has 0 saturated carbocycles. The standard InChI is InChI=1S/C21H42O3.2Na.2H/c1-3-4-5-6-7-8-9-10-11-12-13-14-15-16-17-18-19-24-21(23)20(2)22;;;;/h20,22H,3-19H2,1-2H3;;;;/q;2*+1;2*-1. The number of rotatable bonds is 18. The molecule has 0 aromatic heterocycles. The molecule has 1 atom stereocenters. The Labute approximate surface area is 210 Å². The SMILES string of the molecule is CCCCCCCCCCCCCCCCCCOC(=O)C(C)O.[H-].[H-].[Na+].[Na+]. The Morgan fingerprint density at radius 3 is 1.35 bits per heavy atom. The molecule has 26 heavy (non-hydrogen) atoms. The van der Waals surface area contributed by atoms with Crippen molar-refractivity contribution in [2.45, 2.75) is 123 Å². The van der Waals surface area contributed by atoms with Gasteiger partial charge in [0.25, 0.3) is 0 Å². The molecule has 0 bridgehead atoms. The third kappa shape index (κ3) is 25.4. The van der Waals surface area contributed by atoms with E-state index in [2.05, 4.69) is 6.92 Å². The fraction of sp³-hybridized carbons (Fsp3) is 0.952. The van der Waals surface area contributed by atoms with Gasteiger partial charge >= 0.3 is 65.1 Å². The average molecular weight is 391 g/mol.